The lowest BCUT2D eigenvalue weighted by atomic mass is 10.1. The molecule has 0 spiro atoms. The summed E-state index contributed by atoms with van der Waals surface area (Å²) in [6.07, 6.45) is 4.03. The van der Waals surface area contributed by atoms with E-state index in [1.54, 1.807) is 12.6 Å². The molecule has 108 valence electrons. The van der Waals surface area contributed by atoms with Crippen LogP contribution in [0.4, 0.5) is 0 Å². The van der Waals surface area contributed by atoms with Gasteiger partial charge in [-0.2, -0.15) is 0 Å². The molecule has 0 bridgehead atoms. The first-order valence-electron chi connectivity index (χ1n) is 6.50. The van der Waals surface area contributed by atoms with E-state index in [9.17, 15) is 4.21 Å². The summed E-state index contributed by atoms with van der Waals surface area (Å²) in [6.45, 7) is 5.40. The van der Waals surface area contributed by atoms with Gasteiger partial charge in [-0.05, 0) is 31.4 Å². The van der Waals surface area contributed by atoms with Crippen molar-refractivity contribution in [3.05, 3.63) is 35.7 Å². The Hall–Kier alpha value is -1.69. The molecule has 0 saturated heterocycles. The summed E-state index contributed by atoms with van der Waals surface area (Å²) in [5, 5.41) is 8.15. The van der Waals surface area contributed by atoms with E-state index in [0.717, 1.165) is 23.3 Å². The predicted molar refractivity (Wildman–Crippen MR) is 78.4 cm³/mol. The summed E-state index contributed by atoms with van der Waals surface area (Å²) in [4.78, 5) is 0. The van der Waals surface area contributed by atoms with Crippen LogP contribution in [0.5, 0.6) is 5.75 Å². The average Bonchev–Trinajstić information content (AvgIpc) is 2.86. The molecule has 5 nitrogen and oxygen atoms in total. The lowest BCUT2D eigenvalue weighted by Crippen LogP contribution is -2.08. The molecule has 0 aliphatic rings. The zero-order valence-electron chi connectivity index (χ0n) is 12.0. The van der Waals surface area contributed by atoms with Crippen LogP contribution in [-0.2, 0) is 17.3 Å². The molecular formula is C14H19N3O2S. The van der Waals surface area contributed by atoms with Crippen molar-refractivity contribution in [1.82, 2.24) is 14.8 Å². The van der Waals surface area contributed by atoms with Crippen molar-refractivity contribution in [2.24, 2.45) is 0 Å². The highest BCUT2D eigenvalue weighted by Crippen LogP contribution is 2.22. The van der Waals surface area contributed by atoms with E-state index in [-0.39, 0.29) is 0 Å². The molecule has 0 N–H and O–H groups in total. The normalized spacial score (nSPS) is 12.3. The smallest absolute Gasteiger partial charge is 0.221 e. The highest BCUT2D eigenvalue weighted by atomic mass is 32.2. The quantitative estimate of drug-likeness (QED) is 0.765. The largest absolute Gasteiger partial charge is 0.493 e. The number of para-hydroxylation sites is 1. The maximum Gasteiger partial charge on any atom is 0.221 e. The fraction of sp³-hybridized carbons (Fsp3) is 0.429. The molecule has 0 amide bonds. The Morgan fingerprint density at radius 3 is 2.65 bits per heavy atom. The molecular weight excluding hydrogens is 274 g/mol. The van der Waals surface area contributed by atoms with Crippen LogP contribution in [0.2, 0.25) is 0 Å². The van der Waals surface area contributed by atoms with E-state index in [4.69, 9.17) is 4.74 Å². The Morgan fingerprint density at radius 1 is 1.30 bits per heavy atom. The standard InChI is InChI=1S/C14H19N3O2S/c1-11-6-4-7-12(2)13(11)19-9-5-8-17-10-15-16-14(17)20(3)18/h4,6-7,10H,5,8-9H2,1-3H3/t20-/m1/s1. The van der Waals surface area contributed by atoms with E-state index < -0.39 is 10.8 Å². The third-order valence-electron chi connectivity index (χ3n) is 3.04. The number of benzene rings is 1. The Balaban J connectivity index is 1.88. The summed E-state index contributed by atoms with van der Waals surface area (Å²) in [5.41, 5.74) is 2.29. The van der Waals surface area contributed by atoms with Gasteiger partial charge in [0, 0.05) is 12.8 Å². The van der Waals surface area contributed by atoms with Gasteiger partial charge >= 0.3 is 0 Å². The molecule has 1 aromatic heterocycles. The molecule has 20 heavy (non-hydrogen) atoms. The van der Waals surface area contributed by atoms with E-state index in [2.05, 4.69) is 10.2 Å². The first-order chi connectivity index (χ1) is 9.59. The van der Waals surface area contributed by atoms with Gasteiger partial charge in [0.05, 0.1) is 17.4 Å². The molecule has 2 rings (SSSR count). The van der Waals surface area contributed by atoms with Gasteiger partial charge < -0.3 is 9.30 Å². The van der Waals surface area contributed by atoms with Crippen molar-refractivity contribution in [2.45, 2.75) is 32.0 Å². The summed E-state index contributed by atoms with van der Waals surface area (Å²) >= 11 is 0. The van der Waals surface area contributed by atoms with E-state index >= 15 is 0 Å². The Kier molecular flexibility index (Phi) is 4.89. The minimum atomic E-state index is -1.11. The Labute approximate surface area is 121 Å². The number of aryl methyl sites for hydroxylation is 3. The minimum absolute atomic E-state index is 0.511. The molecule has 0 radical (unpaired) electrons. The number of hydrogen-bond acceptors (Lipinski definition) is 4. The summed E-state index contributed by atoms with van der Waals surface area (Å²) < 4.78 is 19.1. The number of rotatable bonds is 6. The van der Waals surface area contributed by atoms with E-state index in [1.807, 2.05) is 36.6 Å². The lowest BCUT2D eigenvalue weighted by molar-refractivity contribution is 0.296. The molecule has 1 aromatic carbocycles. The van der Waals surface area contributed by atoms with Gasteiger partial charge in [-0.15, -0.1) is 10.2 Å². The van der Waals surface area contributed by atoms with Crippen LogP contribution in [0.1, 0.15) is 17.5 Å². The first kappa shape index (κ1) is 14.7. The van der Waals surface area contributed by atoms with Crippen LogP contribution in [0.25, 0.3) is 0 Å². The maximum atomic E-state index is 11.4. The number of hydrogen-bond donors (Lipinski definition) is 0. The zero-order chi connectivity index (χ0) is 14.5. The third-order valence-corrected chi connectivity index (χ3v) is 3.87. The number of nitrogens with zero attached hydrogens (tertiary/aromatic N) is 3. The van der Waals surface area contributed by atoms with Gasteiger partial charge in [0.1, 0.15) is 12.1 Å². The molecule has 6 heteroatoms. The second kappa shape index (κ2) is 6.65. The highest BCUT2D eigenvalue weighted by Gasteiger charge is 2.08. The van der Waals surface area contributed by atoms with Crippen molar-refractivity contribution in [1.29, 1.82) is 0 Å². The van der Waals surface area contributed by atoms with Crippen molar-refractivity contribution in [3.8, 4) is 5.75 Å². The topological polar surface area (TPSA) is 57.0 Å². The summed E-state index contributed by atoms with van der Waals surface area (Å²) in [6, 6.07) is 6.11. The first-order valence-corrected chi connectivity index (χ1v) is 8.05. The highest BCUT2D eigenvalue weighted by molar-refractivity contribution is 7.84. The molecule has 0 unspecified atom stereocenters. The molecule has 1 heterocycles. The second-order valence-electron chi connectivity index (χ2n) is 4.68. The van der Waals surface area contributed by atoms with Crippen LogP contribution in [0, 0.1) is 13.8 Å². The van der Waals surface area contributed by atoms with E-state index in [1.165, 1.54) is 0 Å². The summed E-state index contributed by atoms with van der Waals surface area (Å²) in [5.74, 6) is 0.954. The minimum Gasteiger partial charge on any atom is -0.493 e. The van der Waals surface area contributed by atoms with Gasteiger partial charge in [0.2, 0.25) is 5.16 Å². The van der Waals surface area contributed by atoms with Crippen molar-refractivity contribution < 1.29 is 8.95 Å². The van der Waals surface area contributed by atoms with Crippen LogP contribution < -0.4 is 4.74 Å². The van der Waals surface area contributed by atoms with Crippen molar-refractivity contribution in [3.63, 3.8) is 0 Å². The molecule has 0 saturated carbocycles. The van der Waals surface area contributed by atoms with Gasteiger partial charge in [-0.3, -0.25) is 4.21 Å². The number of aromatic nitrogens is 3. The molecule has 0 aliphatic heterocycles. The Bertz CT molecular complexity index is 590. The Morgan fingerprint density at radius 2 is 2.00 bits per heavy atom. The van der Waals surface area contributed by atoms with E-state index in [0.29, 0.717) is 18.3 Å². The monoisotopic (exact) mass is 293 g/mol. The second-order valence-corrected chi connectivity index (χ2v) is 5.96. The zero-order valence-corrected chi connectivity index (χ0v) is 12.8. The van der Waals surface area contributed by atoms with Crippen LogP contribution >= 0.6 is 0 Å². The van der Waals surface area contributed by atoms with Gasteiger partial charge in [-0.25, -0.2) is 0 Å². The SMILES string of the molecule is Cc1cccc(C)c1OCCCn1cnnc1[S@@](C)=O. The van der Waals surface area contributed by atoms with Crippen LogP contribution in [0.3, 0.4) is 0 Å². The van der Waals surface area contributed by atoms with Gasteiger partial charge in [-0.1, -0.05) is 18.2 Å². The number of ether oxygens (including phenoxy) is 1. The molecule has 0 fully saturated rings. The lowest BCUT2D eigenvalue weighted by Gasteiger charge is -2.12. The molecule has 0 aliphatic carbocycles. The van der Waals surface area contributed by atoms with Crippen LogP contribution in [-0.4, -0.2) is 31.8 Å². The third kappa shape index (κ3) is 3.45. The molecule has 2 aromatic rings. The van der Waals surface area contributed by atoms with Gasteiger partial charge in [0.25, 0.3) is 0 Å². The molecule has 1 atom stereocenters. The predicted octanol–water partition coefficient (Wildman–Crippen LogP) is 2.10. The fourth-order valence-corrected chi connectivity index (χ4v) is 2.69. The van der Waals surface area contributed by atoms with Crippen molar-refractivity contribution in [2.75, 3.05) is 12.9 Å². The maximum absolute atomic E-state index is 11.4. The van der Waals surface area contributed by atoms with Crippen LogP contribution in [0.15, 0.2) is 29.7 Å². The summed E-state index contributed by atoms with van der Waals surface area (Å²) in [7, 11) is -1.11. The van der Waals surface area contributed by atoms with Gasteiger partial charge in [0.15, 0.2) is 0 Å². The fourth-order valence-electron chi connectivity index (χ4n) is 2.06. The average molecular weight is 293 g/mol. The van der Waals surface area contributed by atoms with Crippen molar-refractivity contribution >= 4 is 10.8 Å².